The normalized spacial score (nSPS) is 12.6. The number of aromatic nitrogens is 2. The van der Waals surface area contributed by atoms with Gasteiger partial charge in [-0.25, -0.2) is 0 Å². The number of nitrogens with two attached hydrogens (primary N) is 1. The summed E-state index contributed by atoms with van der Waals surface area (Å²) in [4.78, 5) is 0. The molecule has 16 heavy (non-hydrogen) atoms. The maximum atomic E-state index is 5.64. The lowest BCUT2D eigenvalue weighted by molar-refractivity contribution is 0.426. The molecule has 4 nitrogen and oxygen atoms in total. The second-order valence-electron chi connectivity index (χ2n) is 3.81. The smallest absolute Gasteiger partial charge is 0.232 e. The van der Waals surface area contributed by atoms with Gasteiger partial charge < -0.3 is 10.2 Å². The van der Waals surface area contributed by atoms with Crippen LogP contribution >= 0.6 is 0 Å². The molecule has 0 aliphatic rings. The van der Waals surface area contributed by atoms with E-state index in [-0.39, 0.29) is 6.04 Å². The summed E-state index contributed by atoms with van der Waals surface area (Å²) >= 11 is 0. The summed E-state index contributed by atoms with van der Waals surface area (Å²) in [5, 5.41) is 7.84. The minimum absolute atomic E-state index is 0.196. The van der Waals surface area contributed by atoms with Gasteiger partial charge >= 0.3 is 0 Å². The van der Waals surface area contributed by atoms with Gasteiger partial charge in [-0.1, -0.05) is 30.3 Å². The van der Waals surface area contributed by atoms with Gasteiger partial charge in [0.1, 0.15) is 0 Å². The lowest BCUT2D eigenvalue weighted by Crippen LogP contribution is -2.04. The van der Waals surface area contributed by atoms with E-state index in [0.29, 0.717) is 11.8 Å². The Morgan fingerprint density at radius 3 is 2.56 bits per heavy atom. The maximum Gasteiger partial charge on any atom is 0.232 e. The molecule has 2 rings (SSSR count). The average molecular weight is 217 g/mol. The van der Waals surface area contributed by atoms with Crippen molar-refractivity contribution >= 4 is 0 Å². The van der Waals surface area contributed by atoms with Crippen LogP contribution in [0.25, 0.3) is 0 Å². The Bertz CT molecular complexity index is 437. The van der Waals surface area contributed by atoms with Crippen LogP contribution in [-0.2, 0) is 12.8 Å². The Hall–Kier alpha value is -1.68. The van der Waals surface area contributed by atoms with Crippen LogP contribution < -0.4 is 5.73 Å². The van der Waals surface area contributed by atoms with Gasteiger partial charge in [0.15, 0.2) is 0 Å². The number of hydrogen-bond donors (Lipinski definition) is 1. The highest BCUT2D eigenvalue weighted by Crippen LogP contribution is 2.10. The van der Waals surface area contributed by atoms with Gasteiger partial charge in [0, 0.05) is 6.42 Å². The fourth-order valence-electron chi connectivity index (χ4n) is 1.45. The Labute approximate surface area is 94.5 Å². The predicted octanol–water partition coefficient (Wildman–Crippen LogP) is 1.87. The summed E-state index contributed by atoms with van der Waals surface area (Å²) in [6.07, 6.45) is 1.66. The molecule has 0 fully saturated rings. The van der Waals surface area contributed by atoms with Gasteiger partial charge in [0.25, 0.3) is 0 Å². The molecule has 1 aromatic carbocycles. The SMILES string of the molecule is CC(N)c1nnc(CCc2ccccc2)o1. The van der Waals surface area contributed by atoms with E-state index < -0.39 is 0 Å². The Kier molecular flexibility index (Phi) is 3.31. The molecule has 2 aromatic rings. The first-order valence-electron chi connectivity index (χ1n) is 5.37. The van der Waals surface area contributed by atoms with E-state index in [1.165, 1.54) is 5.56 Å². The highest BCUT2D eigenvalue weighted by molar-refractivity contribution is 5.15. The highest BCUT2D eigenvalue weighted by Gasteiger charge is 2.09. The van der Waals surface area contributed by atoms with E-state index in [9.17, 15) is 0 Å². The lowest BCUT2D eigenvalue weighted by Gasteiger charge is -1.97. The molecule has 1 atom stereocenters. The van der Waals surface area contributed by atoms with E-state index in [4.69, 9.17) is 10.2 Å². The Morgan fingerprint density at radius 2 is 1.94 bits per heavy atom. The van der Waals surface area contributed by atoms with Crippen molar-refractivity contribution in [2.75, 3.05) is 0 Å². The van der Waals surface area contributed by atoms with Crippen molar-refractivity contribution < 1.29 is 4.42 Å². The van der Waals surface area contributed by atoms with Crippen LogP contribution in [0.15, 0.2) is 34.7 Å². The summed E-state index contributed by atoms with van der Waals surface area (Å²) in [7, 11) is 0. The quantitative estimate of drug-likeness (QED) is 0.849. The van der Waals surface area contributed by atoms with E-state index >= 15 is 0 Å². The number of hydrogen-bond acceptors (Lipinski definition) is 4. The standard InChI is InChI=1S/C12H15N3O/c1-9(13)12-15-14-11(16-12)8-7-10-5-3-2-4-6-10/h2-6,9H,7-8,13H2,1H3. The molecule has 0 aliphatic carbocycles. The van der Waals surface area contributed by atoms with Gasteiger partial charge in [-0.2, -0.15) is 0 Å². The van der Waals surface area contributed by atoms with E-state index in [0.717, 1.165) is 12.8 Å². The van der Waals surface area contributed by atoms with E-state index in [1.807, 2.05) is 25.1 Å². The third-order valence-electron chi connectivity index (χ3n) is 2.34. The summed E-state index contributed by atoms with van der Waals surface area (Å²) < 4.78 is 5.42. The molecular weight excluding hydrogens is 202 g/mol. The van der Waals surface area contributed by atoms with Crippen LogP contribution in [0, 0.1) is 0 Å². The molecule has 0 amide bonds. The van der Waals surface area contributed by atoms with Crippen molar-refractivity contribution in [1.29, 1.82) is 0 Å². The first-order chi connectivity index (χ1) is 7.75. The third-order valence-corrected chi connectivity index (χ3v) is 2.34. The molecule has 1 aromatic heterocycles. The zero-order valence-electron chi connectivity index (χ0n) is 9.26. The topological polar surface area (TPSA) is 64.9 Å². The van der Waals surface area contributed by atoms with Crippen LogP contribution in [0.3, 0.4) is 0 Å². The van der Waals surface area contributed by atoms with Crippen molar-refractivity contribution in [3.05, 3.63) is 47.7 Å². The molecule has 0 spiro atoms. The second kappa shape index (κ2) is 4.90. The molecule has 0 bridgehead atoms. The molecule has 1 unspecified atom stereocenters. The number of aryl methyl sites for hydroxylation is 2. The fraction of sp³-hybridized carbons (Fsp3) is 0.333. The molecule has 2 N–H and O–H groups in total. The van der Waals surface area contributed by atoms with E-state index in [2.05, 4.69) is 22.3 Å². The van der Waals surface area contributed by atoms with Crippen molar-refractivity contribution in [3.63, 3.8) is 0 Å². The van der Waals surface area contributed by atoms with Crippen LogP contribution in [0.1, 0.15) is 30.3 Å². The van der Waals surface area contributed by atoms with Crippen molar-refractivity contribution in [2.24, 2.45) is 5.73 Å². The van der Waals surface area contributed by atoms with Gasteiger partial charge in [-0.3, -0.25) is 0 Å². The Morgan fingerprint density at radius 1 is 1.19 bits per heavy atom. The maximum absolute atomic E-state index is 5.64. The number of nitrogens with zero attached hydrogens (tertiary/aromatic N) is 2. The Balaban J connectivity index is 1.95. The first-order valence-corrected chi connectivity index (χ1v) is 5.37. The minimum atomic E-state index is -0.196. The molecule has 84 valence electrons. The van der Waals surface area contributed by atoms with Crippen LogP contribution in [-0.4, -0.2) is 10.2 Å². The summed E-state index contributed by atoms with van der Waals surface area (Å²) in [6, 6.07) is 10.0. The summed E-state index contributed by atoms with van der Waals surface area (Å²) in [6.45, 7) is 1.83. The lowest BCUT2D eigenvalue weighted by atomic mass is 10.1. The number of rotatable bonds is 4. The number of benzene rings is 1. The van der Waals surface area contributed by atoms with Crippen molar-refractivity contribution in [3.8, 4) is 0 Å². The molecule has 0 saturated carbocycles. The van der Waals surface area contributed by atoms with Crippen LogP contribution in [0.4, 0.5) is 0 Å². The second-order valence-corrected chi connectivity index (χ2v) is 3.81. The molecule has 0 saturated heterocycles. The molecule has 0 radical (unpaired) electrons. The van der Waals surface area contributed by atoms with Gasteiger partial charge in [-0.05, 0) is 18.9 Å². The first kappa shape index (κ1) is 10.8. The molecular formula is C12H15N3O. The van der Waals surface area contributed by atoms with Gasteiger partial charge in [0.2, 0.25) is 11.8 Å². The van der Waals surface area contributed by atoms with Gasteiger partial charge in [-0.15, -0.1) is 10.2 Å². The van der Waals surface area contributed by atoms with Crippen LogP contribution in [0.2, 0.25) is 0 Å². The molecule has 4 heteroatoms. The minimum Gasteiger partial charge on any atom is -0.424 e. The monoisotopic (exact) mass is 217 g/mol. The molecule has 0 aliphatic heterocycles. The summed E-state index contributed by atoms with van der Waals surface area (Å²) in [5.41, 5.74) is 6.90. The fourth-order valence-corrected chi connectivity index (χ4v) is 1.45. The van der Waals surface area contributed by atoms with Crippen molar-refractivity contribution in [2.45, 2.75) is 25.8 Å². The highest BCUT2D eigenvalue weighted by atomic mass is 16.4. The summed E-state index contributed by atoms with van der Waals surface area (Å²) in [5.74, 6) is 1.15. The predicted molar refractivity (Wildman–Crippen MR) is 60.8 cm³/mol. The third kappa shape index (κ3) is 2.67. The van der Waals surface area contributed by atoms with Crippen molar-refractivity contribution in [1.82, 2.24) is 10.2 Å². The van der Waals surface area contributed by atoms with Crippen LogP contribution in [0.5, 0.6) is 0 Å². The zero-order chi connectivity index (χ0) is 11.4. The average Bonchev–Trinajstić information content (AvgIpc) is 2.76. The largest absolute Gasteiger partial charge is 0.424 e. The van der Waals surface area contributed by atoms with Gasteiger partial charge in [0.05, 0.1) is 6.04 Å². The van der Waals surface area contributed by atoms with E-state index in [1.54, 1.807) is 0 Å². The molecule has 1 heterocycles. The zero-order valence-corrected chi connectivity index (χ0v) is 9.26.